The second-order valence-electron chi connectivity index (χ2n) is 1.88. The molecule has 0 amide bonds. The van der Waals surface area contributed by atoms with Crippen LogP contribution < -0.4 is 5.32 Å². The standard InChI is InChI=1S/C7H5N2S/c1-2-8-5-6-7(1)10-4-3-9-6/h1-5H. The van der Waals surface area contributed by atoms with Crippen LogP contribution in [-0.4, -0.2) is 4.98 Å². The van der Waals surface area contributed by atoms with Crippen LogP contribution in [0.3, 0.4) is 0 Å². The van der Waals surface area contributed by atoms with E-state index in [1.54, 1.807) is 30.4 Å². The predicted octanol–water partition coefficient (Wildman–Crippen LogP) is 1.89. The lowest BCUT2D eigenvalue weighted by Gasteiger charge is -2.06. The largest absolute Gasteiger partial charge is 0.262 e. The molecule has 0 spiro atoms. The van der Waals surface area contributed by atoms with Gasteiger partial charge in [0.2, 0.25) is 0 Å². The molecule has 1 radical (unpaired) electrons. The van der Waals surface area contributed by atoms with Crippen molar-refractivity contribution in [3.05, 3.63) is 30.1 Å². The Bertz CT molecular complexity index is 243. The lowest BCUT2D eigenvalue weighted by Crippen LogP contribution is -1.92. The summed E-state index contributed by atoms with van der Waals surface area (Å²) in [7, 11) is 0. The summed E-state index contributed by atoms with van der Waals surface area (Å²) in [6, 6.07) is 1.97. The minimum atomic E-state index is 0.968. The number of hydrogen-bond acceptors (Lipinski definition) is 2. The topological polar surface area (TPSA) is 27.0 Å². The van der Waals surface area contributed by atoms with E-state index >= 15 is 0 Å². The normalized spacial score (nSPS) is 14.0. The number of fused-ring (bicyclic) bond motifs is 1. The molecular formula is C7H5N2S. The third-order valence-corrected chi connectivity index (χ3v) is 2.09. The van der Waals surface area contributed by atoms with E-state index in [9.17, 15) is 0 Å². The average molecular weight is 149 g/mol. The van der Waals surface area contributed by atoms with Crippen LogP contribution in [0.1, 0.15) is 0 Å². The van der Waals surface area contributed by atoms with Gasteiger partial charge in [-0.2, -0.15) is 0 Å². The molecule has 0 fully saturated rings. The molecule has 0 aromatic carbocycles. The summed E-state index contributed by atoms with van der Waals surface area (Å²) in [4.78, 5) is 5.14. The molecule has 0 N–H and O–H groups in total. The Labute approximate surface area is 63.4 Å². The summed E-state index contributed by atoms with van der Waals surface area (Å²) < 4.78 is 0. The van der Waals surface area contributed by atoms with Crippen LogP contribution >= 0.6 is 11.8 Å². The lowest BCUT2D eigenvalue weighted by molar-refractivity contribution is 1.09. The van der Waals surface area contributed by atoms with Gasteiger partial charge in [-0.1, -0.05) is 11.8 Å². The van der Waals surface area contributed by atoms with E-state index in [1.807, 2.05) is 11.5 Å². The fourth-order valence-electron chi connectivity index (χ4n) is 0.784. The van der Waals surface area contributed by atoms with Crippen LogP contribution in [-0.2, 0) is 0 Å². The van der Waals surface area contributed by atoms with Crippen molar-refractivity contribution in [1.82, 2.24) is 10.3 Å². The van der Waals surface area contributed by atoms with E-state index < -0.39 is 0 Å². The zero-order valence-electron chi connectivity index (χ0n) is 5.19. The Morgan fingerprint density at radius 1 is 1.40 bits per heavy atom. The number of hydrogen-bond donors (Lipinski definition) is 0. The molecule has 2 heterocycles. The van der Waals surface area contributed by atoms with Crippen LogP contribution in [0.2, 0.25) is 0 Å². The summed E-state index contributed by atoms with van der Waals surface area (Å²) in [5, 5.41) is 6.09. The summed E-state index contributed by atoms with van der Waals surface area (Å²) in [5.41, 5.74) is 0.968. The van der Waals surface area contributed by atoms with Crippen LogP contribution in [0.25, 0.3) is 0 Å². The van der Waals surface area contributed by atoms with Gasteiger partial charge in [0.1, 0.15) is 0 Å². The Morgan fingerprint density at radius 2 is 2.40 bits per heavy atom. The van der Waals surface area contributed by atoms with Gasteiger partial charge in [0.15, 0.2) is 0 Å². The maximum Gasteiger partial charge on any atom is 0.0952 e. The van der Waals surface area contributed by atoms with Gasteiger partial charge < -0.3 is 0 Å². The molecular weight excluding hydrogens is 144 g/mol. The molecule has 3 heteroatoms. The van der Waals surface area contributed by atoms with Gasteiger partial charge in [-0.25, -0.2) is 0 Å². The van der Waals surface area contributed by atoms with E-state index in [4.69, 9.17) is 0 Å². The van der Waals surface area contributed by atoms with Crippen molar-refractivity contribution in [2.45, 2.75) is 4.90 Å². The molecule has 49 valence electrons. The predicted molar refractivity (Wildman–Crippen MR) is 41.0 cm³/mol. The Balaban J connectivity index is 2.47. The summed E-state index contributed by atoms with van der Waals surface area (Å²) in [6.45, 7) is 0. The number of aromatic nitrogens is 1. The Kier molecular flexibility index (Phi) is 1.36. The van der Waals surface area contributed by atoms with Gasteiger partial charge in [-0.15, -0.1) is 0 Å². The zero-order valence-corrected chi connectivity index (χ0v) is 6.01. The van der Waals surface area contributed by atoms with Crippen LogP contribution in [0, 0.1) is 0 Å². The molecule has 0 saturated carbocycles. The Hall–Kier alpha value is -0.960. The molecule has 0 bridgehead atoms. The van der Waals surface area contributed by atoms with Crippen molar-refractivity contribution in [1.29, 1.82) is 0 Å². The van der Waals surface area contributed by atoms with Gasteiger partial charge in [-0.05, 0) is 11.5 Å². The van der Waals surface area contributed by atoms with Gasteiger partial charge in [0.25, 0.3) is 0 Å². The highest BCUT2D eigenvalue weighted by Crippen LogP contribution is 2.29. The second-order valence-corrected chi connectivity index (χ2v) is 2.82. The molecule has 1 aromatic rings. The van der Waals surface area contributed by atoms with Gasteiger partial charge in [0, 0.05) is 17.3 Å². The van der Waals surface area contributed by atoms with Crippen molar-refractivity contribution in [2.24, 2.45) is 0 Å². The van der Waals surface area contributed by atoms with Gasteiger partial charge in [0.05, 0.1) is 11.9 Å². The number of nitrogens with zero attached hydrogens (tertiary/aromatic N) is 2. The highest BCUT2D eigenvalue weighted by Gasteiger charge is 2.03. The molecule has 2 rings (SSSR count). The average Bonchev–Trinajstić information content (AvgIpc) is 2.05. The van der Waals surface area contributed by atoms with Crippen LogP contribution in [0.4, 0.5) is 5.69 Å². The van der Waals surface area contributed by atoms with Crippen molar-refractivity contribution in [3.63, 3.8) is 0 Å². The molecule has 1 aliphatic rings. The molecule has 0 unspecified atom stereocenters. The van der Waals surface area contributed by atoms with Crippen molar-refractivity contribution >= 4 is 17.4 Å². The van der Waals surface area contributed by atoms with Crippen molar-refractivity contribution in [3.8, 4) is 0 Å². The molecule has 10 heavy (non-hydrogen) atoms. The van der Waals surface area contributed by atoms with Crippen molar-refractivity contribution in [2.75, 3.05) is 0 Å². The summed E-state index contributed by atoms with van der Waals surface area (Å²) in [6.07, 6.45) is 5.33. The van der Waals surface area contributed by atoms with E-state index in [1.165, 1.54) is 4.90 Å². The summed E-state index contributed by atoms with van der Waals surface area (Å²) in [5.74, 6) is 0. The smallest absolute Gasteiger partial charge is 0.0952 e. The first-order chi connectivity index (χ1) is 4.97. The molecule has 1 aromatic heterocycles. The first-order valence-electron chi connectivity index (χ1n) is 2.93. The third-order valence-electron chi connectivity index (χ3n) is 1.23. The third kappa shape index (κ3) is 0.885. The number of pyridine rings is 1. The van der Waals surface area contributed by atoms with E-state index in [2.05, 4.69) is 10.3 Å². The van der Waals surface area contributed by atoms with Crippen molar-refractivity contribution < 1.29 is 0 Å². The number of thioether (sulfide) groups is 1. The molecule has 0 saturated heterocycles. The highest BCUT2D eigenvalue weighted by molar-refractivity contribution is 8.02. The molecule has 0 aliphatic carbocycles. The maximum absolute atomic E-state index is 4.13. The van der Waals surface area contributed by atoms with E-state index in [0.29, 0.717) is 0 Å². The van der Waals surface area contributed by atoms with E-state index in [-0.39, 0.29) is 0 Å². The lowest BCUT2D eigenvalue weighted by atomic mass is 10.4. The quantitative estimate of drug-likeness (QED) is 0.563. The van der Waals surface area contributed by atoms with Crippen LogP contribution in [0.15, 0.2) is 35.0 Å². The fourth-order valence-corrected chi connectivity index (χ4v) is 1.42. The monoisotopic (exact) mass is 149 g/mol. The molecule has 2 nitrogen and oxygen atoms in total. The van der Waals surface area contributed by atoms with E-state index in [0.717, 1.165) is 5.69 Å². The fraction of sp³-hybridized carbons (Fsp3) is 0. The first-order valence-corrected chi connectivity index (χ1v) is 3.81. The summed E-state index contributed by atoms with van der Waals surface area (Å²) >= 11 is 1.67. The molecule has 0 atom stereocenters. The van der Waals surface area contributed by atoms with Gasteiger partial charge in [-0.3, -0.25) is 10.3 Å². The number of rotatable bonds is 0. The minimum Gasteiger partial charge on any atom is -0.262 e. The Morgan fingerprint density at radius 3 is 3.30 bits per heavy atom. The zero-order chi connectivity index (χ0) is 6.81. The minimum absolute atomic E-state index is 0.968. The second kappa shape index (κ2) is 2.34. The van der Waals surface area contributed by atoms with Crippen LogP contribution in [0.5, 0.6) is 0 Å². The van der Waals surface area contributed by atoms with Gasteiger partial charge >= 0.3 is 0 Å². The SMILES string of the molecule is C1=CSc2ccncc2[N]1. The first kappa shape index (κ1) is 5.80. The molecule has 1 aliphatic heterocycles. The maximum atomic E-state index is 4.13. The highest BCUT2D eigenvalue weighted by atomic mass is 32.2.